The van der Waals surface area contributed by atoms with Crippen molar-refractivity contribution in [2.24, 2.45) is 0 Å². The Hall–Kier alpha value is -1.52. The van der Waals surface area contributed by atoms with Crippen LogP contribution in [0.5, 0.6) is 0 Å². The van der Waals surface area contributed by atoms with Gasteiger partial charge < -0.3 is 14.8 Å². The molecule has 110 valence electrons. The van der Waals surface area contributed by atoms with E-state index < -0.39 is 23.7 Å². The Labute approximate surface area is 115 Å². The van der Waals surface area contributed by atoms with Gasteiger partial charge in [0.1, 0.15) is 11.6 Å². The summed E-state index contributed by atoms with van der Waals surface area (Å²) in [6.07, 6.45) is 2.57. The molecule has 1 atom stereocenters. The first-order valence-corrected chi connectivity index (χ1v) is 6.36. The quantitative estimate of drug-likeness (QED) is 0.617. The molecule has 0 heterocycles. The van der Waals surface area contributed by atoms with E-state index in [1.807, 2.05) is 19.9 Å². The number of allylic oxidation sites excluding steroid dienone is 2. The molecule has 0 aliphatic rings. The van der Waals surface area contributed by atoms with Crippen molar-refractivity contribution in [1.29, 1.82) is 0 Å². The first-order chi connectivity index (χ1) is 8.65. The topological polar surface area (TPSA) is 64.6 Å². The summed E-state index contributed by atoms with van der Waals surface area (Å²) in [5.41, 5.74) is 0.575. The number of ether oxygens (including phenoxy) is 2. The Morgan fingerprint density at radius 2 is 1.84 bits per heavy atom. The molecule has 0 aliphatic heterocycles. The van der Waals surface area contributed by atoms with Crippen LogP contribution in [0.1, 0.15) is 47.5 Å². The van der Waals surface area contributed by atoms with Gasteiger partial charge in [-0.3, -0.25) is 0 Å². The predicted octanol–water partition coefficient (Wildman–Crippen LogP) is 2.80. The fourth-order valence-electron chi connectivity index (χ4n) is 1.38. The van der Waals surface area contributed by atoms with E-state index in [4.69, 9.17) is 4.74 Å². The molecule has 0 aromatic carbocycles. The highest BCUT2D eigenvalue weighted by Crippen LogP contribution is 2.09. The van der Waals surface area contributed by atoms with Gasteiger partial charge in [-0.15, -0.1) is 0 Å². The fourth-order valence-corrected chi connectivity index (χ4v) is 1.38. The lowest BCUT2D eigenvalue weighted by Crippen LogP contribution is -2.43. The van der Waals surface area contributed by atoms with Crippen LogP contribution in [-0.2, 0) is 14.3 Å². The lowest BCUT2D eigenvalue weighted by molar-refractivity contribution is -0.143. The number of esters is 1. The van der Waals surface area contributed by atoms with Gasteiger partial charge in [0.15, 0.2) is 0 Å². The highest BCUT2D eigenvalue weighted by Gasteiger charge is 2.24. The van der Waals surface area contributed by atoms with Gasteiger partial charge in [-0.1, -0.05) is 11.6 Å². The van der Waals surface area contributed by atoms with E-state index in [0.29, 0.717) is 12.8 Å². The molecule has 5 nitrogen and oxygen atoms in total. The molecule has 0 aromatic heterocycles. The van der Waals surface area contributed by atoms with Crippen LogP contribution < -0.4 is 5.32 Å². The zero-order chi connectivity index (χ0) is 15.1. The van der Waals surface area contributed by atoms with Crippen LogP contribution in [-0.4, -0.2) is 30.8 Å². The summed E-state index contributed by atoms with van der Waals surface area (Å²) in [6, 6.07) is -0.685. The van der Waals surface area contributed by atoms with E-state index in [9.17, 15) is 9.59 Å². The normalized spacial score (nSPS) is 12.3. The number of methoxy groups -OCH3 is 1. The van der Waals surface area contributed by atoms with E-state index in [1.54, 1.807) is 20.8 Å². The number of hydrogen-bond acceptors (Lipinski definition) is 4. The standard InChI is InChI=1S/C14H25NO4/c1-10(2)8-7-9-11(12(16)18-6)15-13(17)19-14(3,4)5/h8,11H,7,9H2,1-6H3,(H,15,17)/t11-/m0/s1. The summed E-state index contributed by atoms with van der Waals surface area (Å²) < 4.78 is 9.79. The fraction of sp³-hybridized carbons (Fsp3) is 0.714. The Morgan fingerprint density at radius 1 is 1.26 bits per heavy atom. The zero-order valence-corrected chi connectivity index (χ0v) is 12.7. The average molecular weight is 271 g/mol. The van der Waals surface area contributed by atoms with Crippen LogP contribution in [0, 0.1) is 0 Å². The van der Waals surface area contributed by atoms with Crippen molar-refractivity contribution in [3.05, 3.63) is 11.6 Å². The number of alkyl carbamates (subject to hydrolysis) is 1. The van der Waals surface area contributed by atoms with Gasteiger partial charge >= 0.3 is 12.1 Å². The van der Waals surface area contributed by atoms with Gasteiger partial charge in [-0.05, 0) is 47.5 Å². The van der Waals surface area contributed by atoms with Crippen molar-refractivity contribution in [2.75, 3.05) is 7.11 Å². The van der Waals surface area contributed by atoms with E-state index in [2.05, 4.69) is 10.1 Å². The number of carbonyl (C=O) groups excluding carboxylic acids is 2. The maximum atomic E-state index is 11.6. The van der Waals surface area contributed by atoms with Crippen LogP contribution in [0.15, 0.2) is 11.6 Å². The van der Waals surface area contributed by atoms with Crippen LogP contribution in [0.25, 0.3) is 0 Å². The second-order valence-corrected chi connectivity index (χ2v) is 5.58. The Balaban J connectivity index is 4.47. The molecule has 0 aliphatic carbocycles. The van der Waals surface area contributed by atoms with E-state index >= 15 is 0 Å². The first kappa shape index (κ1) is 17.5. The van der Waals surface area contributed by atoms with Crippen molar-refractivity contribution < 1.29 is 19.1 Å². The third kappa shape index (κ3) is 9.11. The largest absolute Gasteiger partial charge is 0.467 e. The van der Waals surface area contributed by atoms with Crippen molar-refractivity contribution in [3.8, 4) is 0 Å². The van der Waals surface area contributed by atoms with Gasteiger partial charge in [-0.2, -0.15) is 0 Å². The molecule has 1 N–H and O–H groups in total. The third-order valence-corrected chi connectivity index (χ3v) is 2.18. The SMILES string of the molecule is COC(=O)[C@H](CCC=C(C)C)NC(=O)OC(C)(C)C. The summed E-state index contributed by atoms with van der Waals surface area (Å²) in [5.74, 6) is -0.465. The van der Waals surface area contributed by atoms with Crippen LogP contribution in [0.3, 0.4) is 0 Å². The number of carbonyl (C=O) groups is 2. The molecule has 0 rings (SSSR count). The summed E-state index contributed by atoms with van der Waals surface area (Å²) in [4.78, 5) is 23.2. The van der Waals surface area contributed by atoms with Crippen LogP contribution in [0.2, 0.25) is 0 Å². The smallest absolute Gasteiger partial charge is 0.408 e. The van der Waals surface area contributed by atoms with Gasteiger partial charge in [0.2, 0.25) is 0 Å². The summed E-state index contributed by atoms with van der Waals surface area (Å²) in [7, 11) is 1.30. The average Bonchev–Trinajstić information content (AvgIpc) is 2.23. The number of rotatable bonds is 5. The van der Waals surface area contributed by atoms with Crippen LogP contribution >= 0.6 is 0 Å². The van der Waals surface area contributed by atoms with Gasteiger partial charge in [0.05, 0.1) is 7.11 Å². The molecular weight excluding hydrogens is 246 g/mol. The maximum Gasteiger partial charge on any atom is 0.408 e. The Kier molecular flexibility index (Phi) is 7.19. The highest BCUT2D eigenvalue weighted by molar-refractivity contribution is 5.81. The Bertz CT molecular complexity index is 338. The number of nitrogens with one attached hydrogen (secondary N) is 1. The predicted molar refractivity (Wildman–Crippen MR) is 73.8 cm³/mol. The summed E-state index contributed by atoms with van der Waals surface area (Å²) in [6.45, 7) is 9.26. The van der Waals surface area contributed by atoms with E-state index in [0.717, 1.165) is 0 Å². The lowest BCUT2D eigenvalue weighted by atomic mass is 10.1. The number of amides is 1. The van der Waals surface area contributed by atoms with Crippen molar-refractivity contribution >= 4 is 12.1 Å². The van der Waals surface area contributed by atoms with Crippen molar-refractivity contribution in [2.45, 2.75) is 59.1 Å². The molecular formula is C14H25NO4. The minimum absolute atomic E-state index is 0.465. The molecule has 0 fully saturated rings. The van der Waals surface area contributed by atoms with Gasteiger partial charge in [0.25, 0.3) is 0 Å². The minimum Gasteiger partial charge on any atom is -0.467 e. The van der Waals surface area contributed by atoms with Gasteiger partial charge in [0, 0.05) is 0 Å². The second-order valence-electron chi connectivity index (χ2n) is 5.58. The molecule has 0 radical (unpaired) electrons. The maximum absolute atomic E-state index is 11.6. The molecule has 0 saturated carbocycles. The summed E-state index contributed by atoms with van der Waals surface area (Å²) in [5, 5.41) is 2.53. The molecule has 0 saturated heterocycles. The molecule has 5 heteroatoms. The molecule has 0 unspecified atom stereocenters. The molecule has 0 bridgehead atoms. The second kappa shape index (κ2) is 7.81. The van der Waals surface area contributed by atoms with Crippen molar-refractivity contribution in [3.63, 3.8) is 0 Å². The minimum atomic E-state index is -0.685. The summed E-state index contributed by atoms with van der Waals surface area (Å²) >= 11 is 0. The molecule has 0 spiro atoms. The van der Waals surface area contributed by atoms with E-state index in [-0.39, 0.29) is 0 Å². The molecule has 19 heavy (non-hydrogen) atoms. The lowest BCUT2D eigenvalue weighted by Gasteiger charge is -2.22. The van der Waals surface area contributed by atoms with Crippen molar-refractivity contribution in [1.82, 2.24) is 5.32 Å². The molecule has 0 aromatic rings. The van der Waals surface area contributed by atoms with E-state index in [1.165, 1.54) is 12.7 Å². The monoisotopic (exact) mass is 271 g/mol. The zero-order valence-electron chi connectivity index (χ0n) is 12.7. The first-order valence-electron chi connectivity index (χ1n) is 6.36. The number of hydrogen-bond donors (Lipinski definition) is 1. The Morgan fingerprint density at radius 3 is 2.26 bits per heavy atom. The third-order valence-electron chi connectivity index (χ3n) is 2.18. The van der Waals surface area contributed by atoms with Gasteiger partial charge in [-0.25, -0.2) is 9.59 Å². The highest BCUT2D eigenvalue weighted by atomic mass is 16.6. The molecule has 1 amide bonds. The van der Waals surface area contributed by atoms with Crippen LogP contribution in [0.4, 0.5) is 4.79 Å².